The van der Waals surface area contributed by atoms with E-state index >= 15 is 0 Å². The van der Waals surface area contributed by atoms with Crippen LogP contribution in [0.1, 0.15) is 23.2 Å². The molecule has 68 valence electrons. The van der Waals surface area contributed by atoms with Gasteiger partial charge in [-0.05, 0) is 12.8 Å². The van der Waals surface area contributed by atoms with E-state index in [1.54, 1.807) is 0 Å². The second-order valence-corrected chi connectivity index (χ2v) is 3.00. The third-order valence-electron chi connectivity index (χ3n) is 1.80. The van der Waals surface area contributed by atoms with Gasteiger partial charge >= 0.3 is 18.9 Å². The van der Waals surface area contributed by atoms with Crippen molar-refractivity contribution < 1.29 is 28.8 Å². The number of carbonyl (C=O) groups is 1. The summed E-state index contributed by atoms with van der Waals surface area (Å²) in [6.45, 7) is 0. The molecule has 0 atom stereocenters. The van der Waals surface area contributed by atoms with Gasteiger partial charge in [0, 0.05) is 24.0 Å². The molecule has 1 N–H and O–H groups in total. The van der Waals surface area contributed by atoms with Crippen LogP contribution < -0.4 is 29.3 Å². The van der Waals surface area contributed by atoms with E-state index in [1.165, 1.54) is 12.4 Å². The maximum absolute atomic E-state index is 10.3. The molecule has 14 heavy (non-hydrogen) atoms. The largest absolute Gasteiger partial charge is 1.00 e. The average molecular weight is 185 g/mol. The summed E-state index contributed by atoms with van der Waals surface area (Å²) in [5.74, 6) is -0.773. The molecule has 0 unspecified atom stereocenters. The number of nitrogens with one attached hydrogen (secondary N) is 1. The molecule has 0 bridgehead atoms. The normalized spacial score (nSPS) is 14.3. The molecule has 1 aromatic heterocycles. The smallest absolute Gasteiger partial charge is 0.545 e. The SMILES string of the molecule is O=C([O-])c1cnc(NC2CC2)nc1.[Li+]. The number of carbonyl (C=O) groups excluding carboxylic acids is 1. The summed E-state index contributed by atoms with van der Waals surface area (Å²) in [6, 6.07) is 0.466. The predicted molar refractivity (Wildman–Crippen MR) is 43.0 cm³/mol. The zero-order valence-electron chi connectivity index (χ0n) is 7.86. The fourth-order valence-electron chi connectivity index (χ4n) is 0.918. The molecule has 0 aliphatic heterocycles. The van der Waals surface area contributed by atoms with Crippen molar-refractivity contribution >= 4 is 11.9 Å². The Bertz CT molecular complexity index is 324. The Morgan fingerprint density at radius 2 is 2.00 bits per heavy atom. The molecule has 1 heterocycles. The first-order valence-corrected chi connectivity index (χ1v) is 4.05. The van der Waals surface area contributed by atoms with Crippen LogP contribution in [0.15, 0.2) is 12.4 Å². The number of nitrogens with zero attached hydrogens (tertiary/aromatic N) is 2. The van der Waals surface area contributed by atoms with Crippen LogP contribution in [0.2, 0.25) is 0 Å². The molecule has 2 rings (SSSR count). The van der Waals surface area contributed by atoms with Crippen molar-refractivity contribution in [2.45, 2.75) is 18.9 Å². The van der Waals surface area contributed by atoms with Crippen LogP contribution in [-0.2, 0) is 0 Å². The van der Waals surface area contributed by atoms with E-state index in [-0.39, 0.29) is 24.4 Å². The summed E-state index contributed by atoms with van der Waals surface area (Å²) in [5, 5.41) is 13.4. The first-order valence-electron chi connectivity index (χ1n) is 4.05. The number of anilines is 1. The van der Waals surface area contributed by atoms with E-state index in [9.17, 15) is 9.90 Å². The number of carboxylic acid groups (broad SMARTS) is 1. The Labute approximate surface area is 93.1 Å². The Hall–Kier alpha value is -1.05. The van der Waals surface area contributed by atoms with E-state index in [2.05, 4.69) is 15.3 Å². The molecule has 0 aromatic carbocycles. The first kappa shape index (κ1) is 11.0. The van der Waals surface area contributed by atoms with Gasteiger partial charge < -0.3 is 15.2 Å². The fourth-order valence-corrected chi connectivity index (χ4v) is 0.918. The fraction of sp³-hybridized carbons (Fsp3) is 0.375. The Morgan fingerprint density at radius 1 is 1.43 bits per heavy atom. The van der Waals surface area contributed by atoms with Gasteiger partial charge in [0.25, 0.3) is 0 Å². The van der Waals surface area contributed by atoms with Crippen molar-refractivity contribution in [2.75, 3.05) is 5.32 Å². The van der Waals surface area contributed by atoms with Gasteiger partial charge in [0.2, 0.25) is 5.95 Å². The summed E-state index contributed by atoms with van der Waals surface area (Å²) in [7, 11) is 0. The van der Waals surface area contributed by atoms with Crippen molar-refractivity contribution in [3.63, 3.8) is 0 Å². The van der Waals surface area contributed by atoms with Crippen LogP contribution in [0, 0.1) is 0 Å². The monoisotopic (exact) mass is 185 g/mol. The van der Waals surface area contributed by atoms with Crippen LogP contribution in [-0.4, -0.2) is 22.0 Å². The van der Waals surface area contributed by atoms with E-state index in [1.807, 2.05) is 0 Å². The molecule has 5 nitrogen and oxygen atoms in total. The zero-order valence-corrected chi connectivity index (χ0v) is 7.86. The topological polar surface area (TPSA) is 77.9 Å². The summed E-state index contributed by atoms with van der Waals surface area (Å²) in [6.07, 6.45) is 4.75. The third-order valence-corrected chi connectivity index (χ3v) is 1.80. The van der Waals surface area contributed by atoms with Gasteiger partial charge in [-0.25, -0.2) is 9.97 Å². The average Bonchev–Trinajstić information content (AvgIpc) is 2.89. The van der Waals surface area contributed by atoms with Crippen LogP contribution in [0.4, 0.5) is 5.95 Å². The molecule has 1 aliphatic carbocycles. The first-order chi connectivity index (χ1) is 6.25. The van der Waals surface area contributed by atoms with E-state index in [4.69, 9.17) is 0 Å². The van der Waals surface area contributed by atoms with Gasteiger partial charge in [-0.2, -0.15) is 0 Å². The molecule has 1 saturated carbocycles. The third kappa shape index (κ3) is 2.72. The van der Waals surface area contributed by atoms with Gasteiger partial charge in [-0.15, -0.1) is 0 Å². The molecule has 1 aromatic rings. The Balaban J connectivity index is 0.000000980. The van der Waals surface area contributed by atoms with Gasteiger partial charge in [0.1, 0.15) is 0 Å². The van der Waals surface area contributed by atoms with Crippen LogP contribution in [0.25, 0.3) is 0 Å². The van der Waals surface area contributed by atoms with Crippen molar-refractivity contribution in [1.29, 1.82) is 0 Å². The number of hydrogen-bond donors (Lipinski definition) is 1. The quantitative estimate of drug-likeness (QED) is 0.492. The summed E-state index contributed by atoms with van der Waals surface area (Å²) >= 11 is 0. The molecule has 0 amide bonds. The maximum Gasteiger partial charge on any atom is 1.00 e. The number of carboxylic acids is 1. The minimum absolute atomic E-state index is 0. The molecule has 1 fully saturated rings. The van der Waals surface area contributed by atoms with Crippen molar-refractivity contribution in [2.24, 2.45) is 0 Å². The number of rotatable bonds is 3. The molecule has 0 radical (unpaired) electrons. The van der Waals surface area contributed by atoms with Crippen LogP contribution >= 0.6 is 0 Å². The van der Waals surface area contributed by atoms with E-state index in [0.29, 0.717) is 12.0 Å². The summed E-state index contributed by atoms with van der Waals surface area (Å²) in [4.78, 5) is 18.0. The molecule has 0 saturated heterocycles. The molecule has 1 aliphatic rings. The minimum atomic E-state index is -1.25. The van der Waals surface area contributed by atoms with E-state index in [0.717, 1.165) is 12.8 Å². The molecule has 0 spiro atoms. The Morgan fingerprint density at radius 3 is 2.43 bits per heavy atom. The maximum atomic E-state index is 10.3. The summed E-state index contributed by atoms with van der Waals surface area (Å²) in [5.41, 5.74) is 0.00125. The van der Waals surface area contributed by atoms with Gasteiger partial charge in [0.05, 0.1) is 5.97 Å². The van der Waals surface area contributed by atoms with Crippen LogP contribution in [0.3, 0.4) is 0 Å². The number of aromatic nitrogens is 2. The van der Waals surface area contributed by atoms with Gasteiger partial charge in [-0.1, -0.05) is 0 Å². The number of hydrogen-bond acceptors (Lipinski definition) is 5. The summed E-state index contributed by atoms with van der Waals surface area (Å²) < 4.78 is 0. The second-order valence-electron chi connectivity index (χ2n) is 3.00. The molecular formula is C8H8LiN3O2. The minimum Gasteiger partial charge on any atom is -0.545 e. The molecule has 6 heteroatoms. The Kier molecular flexibility index (Phi) is 3.50. The van der Waals surface area contributed by atoms with Crippen molar-refractivity contribution in [1.82, 2.24) is 9.97 Å². The van der Waals surface area contributed by atoms with Crippen LogP contribution in [0.5, 0.6) is 0 Å². The standard InChI is InChI=1S/C8H9N3O2.Li/c12-7(13)5-3-9-8(10-4-5)11-6-1-2-6;/h3-4,6H,1-2H2,(H,12,13)(H,9,10,11);/q;+1/p-1. The predicted octanol–water partition coefficient (Wildman–Crippen LogP) is -3.58. The second kappa shape index (κ2) is 4.45. The van der Waals surface area contributed by atoms with Crippen molar-refractivity contribution in [3.05, 3.63) is 18.0 Å². The zero-order chi connectivity index (χ0) is 9.26. The molecular weight excluding hydrogens is 177 g/mol. The van der Waals surface area contributed by atoms with Crippen molar-refractivity contribution in [3.8, 4) is 0 Å². The van der Waals surface area contributed by atoms with E-state index < -0.39 is 5.97 Å². The number of aromatic carboxylic acids is 1. The van der Waals surface area contributed by atoms with Gasteiger partial charge in [-0.3, -0.25) is 0 Å². The van der Waals surface area contributed by atoms with Gasteiger partial charge in [0.15, 0.2) is 0 Å².